The number of benzene rings is 1. The van der Waals surface area contributed by atoms with Crippen LogP contribution >= 0.6 is 0 Å². The van der Waals surface area contributed by atoms with Crippen molar-refractivity contribution in [2.45, 2.75) is 0 Å². The summed E-state index contributed by atoms with van der Waals surface area (Å²) in [7, 11) is 0. The number of H-pyrrole nitrogens is 1. The molecule has 0 radical (unpaired) electrons. The number of urea groups is 1. The van der Waals surface area contributed by atoms with Gasteiger partial charge in [0.15, 0.2) is 0 Å². The van der Waals surface area contributed by atoms with E-state index in [1.54, 1.807) is 18.6 Å². The van der Waals surface area contributed by atoms with E-state index in [4.69, 9.17) is 15.9 Å². The smallest absolute Gasteiger partial charge is 0.317 e. The monoisotopic (exact) mass is 310 g/mol. The molecular formula is C16H14N4O3. The standard InChI is InChI=1S/C16H14N4O3/c17-14(21)12-7-13(19-15(12)20-16(18)22)10-3-1-9(2-4-10)11-5-6-23-8-11/h1-8,19H,(H2,17,21)(H3,18,20,22). The molecule has 2 heterocycles. The Morgan fingerprint density at radius 3 is 2.26 bits per heavy atom. The number of aromatic amines is 1. The highest BCUT2D eigenvalue weighted by Gasteiger charge is 2.15. The lowest BCUT2D eigenvalue weighted by Gasteiger charge is -2.02. The van der Waals surface area contributed by atoms with Crippen molar-refractivity contribution < 1.29 is 14.0 Å². The Labute approximate surface area is 131 Å². The summed E-state index contributed by atoms with van der Waals surface area (Å²) in [5.41, 5.74) is 14.0. The van der Waals surface area contributed by atoms with Crippen LogP contribution in [0.5, 0.6) is 0 Å². The summed E-state index contributed by atoms with van der Waals surface area (Å²) in [5, 5.41) is 2.35. The number of nitrogens with two attached hydrogens (primary N) is 2. The number of furan rings is 1. The minimum Gasteiger partial charge on any atom is -0.472 e. The van der Waals surface area contributed by atoms with Crippen molar-refractivity contribution in [3.05, 3.63) is 54.5 Å². The molecule has 0 bridgehead atoms. The van der Waals surface area contributed by atoms with Gasteiger partial charge in [0, 0.05) is 11.3 Å². The number of primary amides is 2. The van der Waals surface area contributed by atoms with Gasteiger partial charge in [-0.15, -0.1) is 0 Å². The molecule has 3 aromatic rings. The molecule has 0 spiro atoms. The van der Waals surface area contributed by atoms with Gasteiger partial charge >= 0.3 is 6.03 Å². The van der Waals surface area contributed by atoms with Gasteiger partial charge in [-0.05, 0) is 23.3 Å². The molecule has 23 heavy (non-hydrogen) atoms. The van der Waals surface area contributed by atoms with Crippen LogP contribution in [-0.4, -0.2) is 16.9 Å². The van der Waals surface area contributed by atoms with Gasteiger partial charge in [-0.1, -0.05) is 24.3 Å². The molecule has 0 aliphatic carbocycles. The number of carbonyl (C=O) groups is 2. The van der Waals surface area contributed by atoms with Crippen LogP contribution in [0.2, 0.25) is 0 Å². The third-order valence-electron chi connectivity index (χ3n) is 3.38. The lowest BCUT2D eigenvalue weighted by molar-refractivity contribution is 0.100. The Balaban J connectivity index is 1.95. The number of rotatable bonds is 4. The van der Waals surface area contributed by atoms with Crippen molar-refractivity contribution in [3.8, 4) is 22.4 Å². The van der Waals surface area contributed by atoms with E-state index in [1.165, 1.54) is 0 Å². The van der Waals surface area contributed by atoms with E-state index >= 15 is 0 Å². The van der Waals surface area contributed by atoms with Gasteiger partial charge in [0.2, 0.25) is 0 Å². The number of amides is 3. The van der Waals surface area contributed by atoms with Crippen LogP contribution in [0, 0.1) is 0 Å². The first-order chi connectivity index (χ1) is 11.0. The molecule has 2 aromatic heterocycles. The topological polar surface area (TPSA) is 127 Å². The van der Waals surface area contributed by atoms with E-state index in [2.05, 4.69) is 10.3 Å². The van der Waals surface area contributed by atoms with Crippen LogP contribution in [0.1, 0.15) is 10.4 Å². The van der Waals surface area contributed by atoms with E-state index < -0.39 is 11.9 Å². The zero-order valence-corrected chi connectivity index (χ0v) is 12.0. The number of nitrogens with one attached hydrogen (secondary N) is 2. The number of carbonyl (C=O) groups excluding carboxylic acids is 2. The van der Waals surface area contributed by atoms with E-state index in [0.29, 0.717) is 5.69 Å². The van der Waals surface area contributed by atoms with Crippen molar-refractivity contribution in [3.63, 3.8) is 0 Å². The summed E-state index contributed by atoms with van der Waals surface area (Å²) in [6.07, 6.45) is 3.26. The first kappa shape index (κ1) is 14.5. The molecule has 3 rings (SSSR count). The van der Waals surface area contributed by atoms with Crippen molar-refractivity contribution in [1.82, 2.24) is 4.98 Å². The summed E-state index contributed by atoms with van der Waals surface area (Å²) in [4.78, 5) is 25.4. The Kier molecular flexibility index (Phi) is 3.60. The Hall–Kier alpha value is -3.48. The van der Waals surface area contributed by atoms with Crippen LogP contribution in [0.15, 0.2) is 53.3 Å². The SMILES string of the molecule is NC(=O)Nc1[nH]c(-c2ccc(-c3ccoc3)cc2)cc1C(N)=O. The number of hydrogen-bond acceptors (Lipinski definition) is 3. The summed E-state index contributed by atoms with van der Waals surface area (Å²) >= 11 is 0. The predicted molar refractivity (Wildman–Crippen MR) is 85.7 cm³/mol. The third-order valence-corrected chi connectivity index (χ3v) is 3.38. The molecule has 7 nitrogen and oxygen atoms in total. The molecule has 1 aromatic carbocycles. The molecule has 116 valence electrons. The molecule has 0 saturated heterocycles. The molecule has 0 aliphatic heterocycles. The van der Waals surface area contributed by atoms with E-state index in [-0.39, 0.29) is 11.4 Å². The Morgan fingerprint density at radius 1 is 1.00 bits per heavy atom. The van der Waals surface area contributed by atoms with Gasteiger partial charge in [0.1, 0.15) is 5.82 Å². The molecule has 0 aliphatic rings. The van der Waals surface area contributed by atoms with Crippen LogP contribution in [0.4, 0.5) is 10.6 Å². The Bertz CT molecular complexity index is 848. The maximum Gasteiger partial charge on any atom is 0.317 e. The molecule has 0 atom stereocenters. The van der Waals surface area contributed by atoms with Crippen LogP contribution in [0.25, 0.3) is 22.4 Å². The van der Waals surface area contributed by atoms with Crippen molar-refractivity contribution in [2.75, 3.05) is 5.32 Å². The third kappa shape index (κ3) is 2.93. The van der Waals surface area contributed by atoms with Crippen molar-refractivity contribution in [2.24, 2.45) is 11.5 Å². The van der Waals surface area contributed by atoms with Crippen LogP contribution < -0.4 is 16.8 Å². The van der Waals surface area contributed by atoms with Gasteiger partial charge in [-0.3, -0.25) is 10.1 Å². The largest absolute Gasteiger partial charge is 0.472 e. The number of anilines is 1. The quantitative estimate of drug-likeness (QED) is 0.591. The zero-order valence-electron chi connectivity index (χ0n) is 12.0. The lowest BCUT2D eigenvalue weighted by Crippen LogP contribution is -2.22. The van der Waals surface area contributed by atoms with Gasteiger partial charge in [-0.25, -0.2) is 4.79 Å². The first-order valence-corrected chi connectivity index (χ1v) is 6.77. The molecule has 0 unspecified atom stereocenters. The minimum absolute atomic E-state index is 0.165. The maximum absolute atomic E-state index is 11.5. The summed E-state index contributed by atoms with van der Waals surface area (Å²) in [6.45, 7) is 0. The summed E-state index contributed by atoms with van der Waals surface area (Å²) < 4.78 is 5.06. The highest BCUT2D eigenvalue weighted by Crippen LogP contribution is 2.27. The average Bonchev–Trinajstić information content (AvgIpc) is 3.16. The highest BCUT2D eigenvalue weighted by molar-refractivity contribution is 6.03. The van der Waals surface area contributed by atoms with Crippen LogP contribution in [0.3, 0.4) is 0 Å². The lowest BCUT2D eigenvalue weighted by atomic mass is 10.1. The first-order valence-electron chi connectivity index (χ1n) is 6.77. The molecule has 7 heteroatoms. The second kappa shape index (κ2) is 5.72. The predicted octanol–water partition coefficient (Wildman–Crippen LogP) is 2.53. The maximum atomic E-state index is 11.5. The van der Waals surface area contributed by atoms with Crippen LogP contribution in [-0.2, 0) is 0 Å². The molecular weight excluding hydrogens is 296 g/mol. The van der Waals surface area contributed by atoms with Gasteiger partial charge < -0.3 is 20.9 Å². The van der Waals surface area contributed by atoms with Gasteiger partial charge in [0.25, 0.3) is 5.91 Å². The average molecular weight is 310 g/mol. The minimum atomic E-state index is -0.781. The zero-order chi connectivity index (χ0) is 16.4. The molecule has 0 fully saturated rings. The van der Waals surface area contributed by atoms with Crippen molar-refractivity contribution >= 4 is 17.8 Å². The number of hydrogen-bond donors (Lipinski definition) is 4. The van der Waals surface area contributed by atoms with Gasteiger partial charge in [-0.2, -0.15) is 0 Å². The van der Waals surface area contributed by atoms with Gasteiger partial charge in [0.05, 0.1) is 18.1 Å². The van der Waals surface area contributed by atoms with Crippen molar-refractivity contribution in [1.29, 1.82) is 0 Å². The normalized spacial score (nSPS) is 10.4. The second-order valence-corrected chi connectivity index (χ2v) is 4.91. The molecule has 0 saturated carbocycles. The fourth-order valence-electron chi connectivity index (χ4n) is 2.30. The van der Waals surface area contributed by atoms with E-state index in [9.17, 15) is 9.59 Å². The number of aromatic nitrogens is 1. The van der Waals surface area contributed by atoms with E-state index in [0.717, 1.165) is 16.7 Å². The fourth-order valence-corrected chi connectivity index (χ4v) is 2.30. The molecule has 3 amide bonds. The van der Waals surface area contributed by atoms with E-state index in [1.807, 2.05) is 30.3 Å². The fraction of sp³-hybridized carbons (Fsp3) is 0. The summed E-state index contributed by atoms with van der Waals surface area (Å²) in [5.74, 6) is -0.481. The molecule has 6 N–H and O–H groups in total. The summed E-state index contributed by atoms with van der Waals surface area (Å²) in [6, 6.07) is 10.3. The Morgan fingerprint density at radius 2 is 1.70 bits per heavy atom. The highest BCUT2D eigenvalue weighted by atomic mass is 16.3. The second-order valence-electron chi connectivity index (χ2n) is 4.91.